The van der Waals surface area contributed by atoms with Gasteiger partial charge in [-0.1, -0.05) is 42.5 Å². The summed E-state index contributed by atoms with van der Waals surface area (Å²) < 4.78 is 30.2. The number of benzene rings is 2. The Labute approximate surface area is 144 Å². The van der Waals surface area contributed by atoms with E-state index in [1.165, 1.54) is 0 Å². The van der Waals surface area contributed by atoms with E-state index in [9.17, 15) is 13.5 Å². The Kier molecular flexibility index (Phi) is 6.02. The van der Waals surface area contributed by atoms with Crippen molar-refractivity contribution in [1.82, 2.24) is 0 Å². The fraction of sp³-hybridized carbons (Fsp3) is 0.368. The van der Waals surface area contributed by atoms with Crippen molar-refractivity contribution < 1.29 is 18.3 Å². The van der Waals surface area contributed by atoms with Crippen LogP contribution in [0.3, 0.4) is 0 Å². The van der Waals surface area contributed by atoms with Gasteiger partial charge in [0, 0.05) is 0 Å². The van der Waals surface area contributed by atoms with Crippen molar-refractivity contribution in [1.29, 1.82) is 0 Å². The highest BCUT2D eigenvalue weighted by Gasteiger charge is 2.20. The number of aliphatic hydroxyl groups is 1. The summed E-state index contributed by atoms with van der Waals surface area (Å²) in [7, 11) is -3.41. The van der Waals surface area contributed by atoms with E-state index < -0.39 is 15.9 Å². The Morgan fingerprint density at radius 2 is 1.54 bits per heavy atom. The maximum Gasteiger partial charge on any atom is 0.157 e. The van der Waals surface area contributed by atoms with Gasteiger partial charge in [0.1, 0.15) is 18.5 Å². The van der Waals surface area contributed by atoms with Crippen molar-refractivity contribution in [2.45, 2.75) is 32.6 Å². The van der Waals surface area contributed by atoms with Gasteiger partial charge in [-0.05, 0) is 43.0 Å². The molecule has 5 heteroatoms. The van der Waals surface area contributed by atoms with E-state index >= 15 is 0 Å². The van der Waals surface area contributed by atoms with E-state index in [1.807, 2.05) is 57.2 Å². The molecule has 24 heavy (non-hydrogen) atoms. The Morgan fingerprint density at radius 1 is 0.958 bits per heavy atom. The molecule has 0 fully saturated rings. The molecule has 0 saturated carbocycles. The van der Waals surface area contributed by atoms with Crippen molar-refractivity contribution in [3.8, 4) is 5.75 Å². The van der Waals surface area contributed by atoms with Crippen LogP contribution in [0.4, 0.5) is 0 Å². The number of aryl methyl sites for hydroxylation is 3. The predicted octanol–water partition coefficient (Wildman–Crippen LogP) is 2.97. The molecule has 1 unspecified atom stereocenters. The normalized spacial score (nSPS) is 12.8. The number of hydrogen-bond donors (Lipinski definition) is 1. The Balaban J connectivity index is 1.96. The standard InChI is InChI=1S/C19H24O4S/c1-14-7-4-5-10-17(14)12-24(21,22)13-18(20)11-23-19-15(2)8-6-9-16(19)3/h4-10,18,20H,11-13H2,1-3H3. The van der Waals surface area contributed by atoms with Crippen LogP contribution in [-0.4, -0.2) is 32.0 Å². The monoisotopic (exact) mass is 348 g/mol. The van der Waals surface area contributed by atoms with Crippen molar-refractivity contribution in [3.05, 3.63) is 64.7 Å². The largest absolute Gasteiger partial charge is 0.490 e. The SMILES string of the molecule is Cc1ccccc1CS(=O)(=O)CC(O)COc1c(C)cccc1C. The molecule has 0 heterocycles. The van der Waals surface area contributed by atoms with Crippen LogP contribution < -0.4 is 4.74 Å². The average Bonchev–Trinajstić information content (AvgIpc) is 2.48. The molecule has 2 rings (SSSR count). The van der Waals surface area contributed by atoms with Crippen LogP contribution in [0.2, 0.25) is 0 Å². The van der Waals surface area contributed by atoms with E-state index in [-0.39, 0.29) is 18.1 Å². The molecule has 0 aromatic heterocycles. The molecular weight excluding hydrogens is 324 g/mol. The highest BCUT2D eigenvalue weighted by Crippen LogP contribution is 2.22. The quantitative estimate of drug-likeness (QED) is 0.835. The number of hydrogen-bond acceptors (Lipinski definition) is 4. The lowest BCUT2D eigenvalue weighted by Crippen LogP contribution is -2.28. The van der Waals surface area contributed by atoms with Crippen LogP contribution in [0.1, 0.15) is 22.3 Å². The summed E-state index contributed by atoms with van der Waals surface area (Å²) in [6, 6.07) is 13.1. The Morgan fingerprint density at radius 3 is 2.17 bits per heavy atom. The van der Waals surface area contributed by atoms with Gasteiger partial charge in [-0.15, -0.1) is 0 Å². The zero-order valence-electron chi connectivity index (χ0n) is 14.3. The second-order valence-corrected chi connectivity index (χ2v) is 8.28. The molecule has 130 valence electrons. The summed E-state index contributed by atoms with van der Waals surface area (Å²) >= 11 is 0. The van der Waals surface area contributed by atoms with Gasteiger partial charge in [0.25, 0.3) is 0 Å². The summed E-state index contributed by atoms with van der Waals surface area (Å²) in [5.41, 5.74) is 3.62. The minimum absolute atomic E-state index is 0.0430. The van der Waals surface area contributed by atoms with E-state index in [1.54, 1.807) is 6.07 Å². The van der Waals surface area contributed by atoms with E-state index in [4.69, 9.17) is 4.74 Å². The summed E-state index contributed by atoms with van der Waals surface area (Å²) in [5, 5.41) is 10.1. The second-order valence-electron chi connectivity index (χ2n) is 6.17. The Hall–Kier alpha value is -1.85. The smallest absolute Gasteiger partial charge is 0.157 e. The van der Waals surface area contributed by atoms with Gasteiger partial charge in [0.15, 0.2) is 9.84 Å². The highest BCUT2D eigenvalue weighted by atomic mass is 32.2. The summed E-state index contributed by atoms with van der Waals surface area (Å²) in [6.07, 6.45) is -1.06. The molecule has 4 nitrogen and oxygen atoms in total. The molecule has 2 aromatic carbocycles. The number of sulfone groups is 1. The third kappa shape index (κ3) is 5.08. The minimum atomic E-state index is -3.41. The third-order valence-corrected chi connectivity index (χ3v) is 5.56. The molecule has 2 aromatic rings. The first-order chi connectivity index (χ1) is 11.3. The number of rotatable bonds is 7. The van der Waals surface area contributed by atoms with Crippen LogP contribution in [0, 0.1) is 20.8 Å². The highest BCUT2D eigenvalue weighted by molar-refractivity contribution is 7.90. The van der Waals surface area contributed by atoms with Crippen molar-refractivity contribution in [2.75, 3.05) is 12.4 Å². The van der Waals surface area contributed by atoms with E-state index in [2.05, 4.69) is 0 Å². The van der Waals surface area contributed by atoms with Gasteiger partial charge in [0.2, 0.25) is 0 Å². The van der Waals surface area contributed by atoms with Crippen LogP contribution in [0.5, 0.6) is 5.75 Å². The summed E-state index contributed by atoms with van der Waals surface area (Å²) in [5.74, 6) is 0.319. The van der Waals surface area contributed by atoms with Gasteiger partial charge >= 0.3 is 0 Å². The molecule has 0 radical (unpaired) electrons. The van der Waals surface area contributed by atoms with Gasteiger partial charge in [-0.25, -0.2) is 8.42 Å². The molecule has 0 aliphatic carbocycles. The van der Waals surface area contributed by atoms with Gasteiger partial charge in [-0.2, -0.15) is 0 Å². The molecule has 1 atom stereocenters. The van der Waals surface area contributed by atoms with Gasteiger partial charge < -0.3 is 9.84 Å². The molecule has 0 aliphatic rings. The average molecular weight is 348 g/mol. The summed E-state index contributed by atoms with van der Waals surface area (Å²) in [4.78, 5) is 0. The molecule has 1 N–H and O–H groups in total. The van der Waals surface area contributed by atoms with Crippen molar-refractivity contribution in [2.24, 2.45) is 0 Å². The first-order valence-electron chi connectivity index (χ1n) is 7.90. The molecule has 0 spiro atoms. The topological polar surface area (TPSA) is 63.6 Å². The van der Waals surface area contributed by atoms with Crippen LogP contribution in [0.15, 0.2) is 42.5 Å². The lowest BCUT2D eigenvalue weighted by atomic mass is 10.1. The molecule has 0 amide bonds. The summed E-state index contributed by atoms with van der Waals surface area (Å²) in [6.45, 7) is 5.68. The maximum atomic E-state index is 12.3. The molecular formula is C19H24O4S. The lowest BCUT2D eigenvalue weighted by molar-refractivity contribution is 0.124. The van der Waals surface area contributed by atoms with E-state index in [0.717, 1.165) is 22.3 Å². The zero-order valence-corrected chi connectivity index (χ0v) is 15.1. The predicted molar refractivity (Wildman–Crippen MR) is 96.1 cm³/mol. The number of ether oxygens (including phenoxy) is 1. The minimum Gasteiger partial charge on any atom is -0.490 e. The maximum absolute atomic E-state index is 12.3. The molecule has 0 saturated heterocycles. The fourth-order valence-electron chi connectivity index (χ4n) is 2.62. The van der Waals surface area contributed by atoms with Crippen LogP contribution >= 0.6 is 0 Å². The molecule has 0 bridgehead atoms. The van der Waals surface area contributed by atoms with Gasteiger partial charge in [-0.3, -0.25) is 0 Å². The molecule has 0 aliphatic heterocycles. The third-order valence-electron chi connectivity index (χ3n) is 3.91. The first-order valence-corrected chi connectivity index (χ1v) is 9.72. The van der Waals surface area contributed by atoms with Crippen molar-refractivity contribution in [3.63, 3.8) is 0 Å². The number of aliphatic hydroxyl groups excluding tert-OH is 1. The van der Waals surface area contributed by atoms with Crippen LogP contribution in [0.25, 0.3) is 0 Å². The Bertz CT molecular complexity index is 777. The van der Waals surface area contributed by atoms with Gasteiger partial charge in [0.05, 0.1) is 11.5 Å². The zero-order chi connectivity index (χ0) is 17.7. The number of para-hydroxylation sites is 1. The lowest BCUT2D eigenvalue weighted by Gasteiger charge is -2.16. The second kappa shape index (κ2) is 7.81. The fourth-order valence-corrected chi connectivity index (χ4v) is 4.21. The first kappa shape index (κ1) is 18.5. The van der Waals surface area contributed by atoms with Crippen molar-refractivity contribution >= 4 is 9.84 Å². The van der Waals surface area contributed by atoms with Crippen LogP contribution in [-0.2, 0) is 15.6 Å². The van der Waals surface area contributed by atoms with E-state index in [0.29, 0.717) is 5.75 Å².